The third-order valence-electron chi connectivity index (χ3n) is 4.94. The molecule has 3 N–H and O–H groups in total. The number of piperidine rings is 1. The summed E-state index contributed by atoms with van der Waals surface area (Å²) in [6, 6.07) is 2.77. The van der Waals surface area contributed by atoms with Gasteiger partial charge in [-0.3, -0.25) is 0 Å². The van der Waals surface area contributed by atoms with E-state index in [-0.39, 0.29) is 11.6 Å². The molecule has 1 aromatic carbocycles. The maximum Gasteiger partial charge on any atom is 0.214 e. The Morgan fingerprint density at radius 3 is 2.81 bits per heavy atom. The number of fused-ring (bicyclic) bond motifs is 1. The molecule has 0 unspecified atom stereocenters. The number of benzene rings is 1. The summed E-state index contributed by atoms with van der Waals surface area (Å²) in [7, 11) is 1.48. The predicted octanol–water partition coefficient (Wildman–Crippen LogP) is 2.55. The van der Waals surface area contributed by atoms with Crippen molar-refractivity contribution in [1.82, 2.24) is 14.6 Å². The fourth-order valence-corrected chi connectivity index (χ4v) is 4.30. The van der Waals surface area contributed by atoms with Crippen LogP contribution in [-0.2, 0) is 0 Å². The van der Waals surface area contributed by atoms with Gasteiger partial charge in [-0.1, -0.05) is 22.9 Å². The van der Waals surface area contributed by atoms with Crippen LogP contribution in [0.15, 0.2) is 18.3 Å². The third kappa shape index (κ3) is 3.25. The molecule has 4 rings (SSSR count). The number of aromatic nitrogens is 3. The lowest BCUT2D eigenvalue weighted by Crippen LogP contribution is -2.48. The number of rotatable bonds is 4. The number of imidazole rings is 1. The zero-order valence-electron chi connectivity index (χ0n) is 14.7. The van der Waals surface area contributed by atoms with Crippen molar-refractivity contribution in [2.24, 2.45) is 5.73 Å². The first-order valence-corrected chi connectivity index (χ1v) is 9.69. The lowest BCUT2D eigenvalue weighted by molar-refractivity contribution is 0.0249. The lowest BCUT2D eigenvalue weighted by Gasteiger charge is -2.37. The first-order valence-electron chi connectivity index (χ1n) is 8.49. The Hall–Kier alpha value is -1.94. The number of aliphatic hydroxyl groups is 1. The predicted molar refractivity (Wildman–Crippen MR) is 103 cm³/mol. The Bertz CT molecular complexity index is 983. The van der Waals surface area contributed by atoms with Gasteiger partial charge in [-0.05, 0) is 18.9 Å². The molecule has 1 aliphatic heterocycles. The minimum atomic E-state index is -0.794. The summed E-state index contributed by atoms with van der Waals surface area (Å²) in [6.07, 6.45) is 2.86. The first-order chi connectivity index (χ1) is 12.9. The Morgan fingerprint density at radius 1 is 1.41 bits per heavy atom. The SMILES string of the molecule is COc1cc(F)c(Cl)cc1-c1cnc2sc(N3CCC(O)(CN)CC3)nn12. The molecular weight excluding hydrogens is 393 g/mol. The maximum absolute atomic E-state index is 13.8. The average Bonchev–Trinajstić information content (AvgIpc) is 3.25. The molecular formula is C17H19ClFN5O2S. The second kappa shape index (κ2) is 6.90. The molecule has 0 aliphatic carbocycles. The number of nitrogens with zero attached hydrogens (tertiary/aromatic N) is 4. The quantitative estimate of drug-likeness (QED) is 0.685. The molecule has 1 fully saturated rings. The van der Waals surface area contributed by atoms with Crippen molar-refractivity contribution >= 4 is 33.0 Å². The smallest absolute Gasteiger partial charge is 0.214 e. The molecule has 0 saturated carbocycles. The highest BCUT2D eigenvalue weighted by molar-refractivity contribution is 7.20. The van der Waals surface area contributed by atoms with Gasteiger partial charge in [0.15, 0.2) is 0 Å². The molecule has 0 bridgehead atoms. The minimum absolute atomic E-state index is 0.00769. The van der Waals surface area contributed by atoms with Gasteiger partial charge in [0.05, 0.1) is 29.6 Å². The van der Waals surface area contributed by atoms with Gasteiger partial charge < -0.3 is 20.5 Å². The first kappa shape index (κ1) is 18.4. The largest absolute Gasteiger partial charge is 0.496 e. The van der Waals surface area contributed by atoms with E-state index < -0.39 is 11.4 Å². The lowest BCUT2D eigenvalue weighted by atomic mass is 9.92. The number of ether oxygens (including phenoxy) is 1. The molecule has 144 valence electrons. The van der Waals surface area contributed by atoms with E-state index in [0.717, 1.165) is 5.13 Å². The number of methoxy groups -OCH3 is 1. The maximum atomic E-state index is 13.8. The molecule has 27 heavy (non-hydrogen) atoms. The van der Waals surface area contributed by atoms with Crippen molar-refractivity contribution in [3.63, 3.8) is 0 Å². The average molecular weight is 412 g/mol. The van der Waals surface area contributed by atoms with Crippen LogP contribution < -0.4 is 15.4 Å². The van der Waals surface area contributed by atoms with E-state index in [1.54, 1.807) is 10.7 Å². The molecule has 1 aliphatic rings. The van der Waals surface area contributed by atoms with Crippen LogP contribution in [-0.4, -0.2) is 52.0 Å². The Kier molecular flexibility index (Phi) is 4.71. The van der Waals surface area contributed by atoms with Crippen molar-refractivity contribution in [2.75, 3.05) is 31.6 Å². The number of hydrogen-bond donors (Lipinski definition) is 2. The summed E-state index contributed by atoms with van der Waals surface area (Å²) in [5, 5.41) is 15.8. The van der Waals surface area contributed by atoms with Crippen molar-refractivity contribution in [1.29, 1.82) is 0 Å². The van der Waals surface area contributed by atoms with Gasteiger partial charge in [-0.25, -0.2) is 13.9 Å². The molecule has 3 heterocycles. The van der Waals surface area contributed by atoms with Crippen LogP contribution in [0.3, 0.4) is 0 Å². The molecule has 10 heteroatoms. The van der Waals surface area contributed by atoms with Gasteiger partial charge in [-0.2, -0.15) is 0 Å². The summed E-state index contributed by atoms with van der Waals surface area (Å²) >= 11 is 7.41. The molecule has 0 atom stereocenters. The van der Waals surface area contributed by atoms with Crippen LogP contribution in [0.25, 0.3) is 16.2 Å². The molecule has 0 radical (unpaired) electrons. The second-order valence-electron chi connectivity index (χ2n) is 6.60. The zero-order valence-corrected chi connectivity index (χ0v) is 16.2. The molecule has 7 nitrogen and oxygen atoms in total. The summed E-state index contributed by atoms with van der Waals surface area (Å²) in [5.74, 6) is -0.183. The van der Waals surface area contributed by atoms with E-state index in [0.29, 0.717) is 47.9 Å². The molecule has 3 aromatic rings. The summed E-state index contributed by atoms with van der Waals surface area (Å²) < 4.78 is 20.8. The highest BCUT2D eigenvalue weighted by Crippen LogP contribution is 2.36. The van der Waals surface area contributed by atoms with Gasteiger partial charge in [0, 0.05) is 31.3 Å². The van der Waals surface area contributed by atoms with Crippen LogP contribution in [0.2, 0.25) is 5.02 Å². The minimum Gasteiger partial charge on any atom is -0.496 e. The standard InChI is InChI=1S/C17H19ClFN5O2S/c1-26-14-7-12(19)11(18)6-10(14)13-8-21-15-24(13)22-16(27-15)23-4-2-17(25,9-20)3-5-23/h6-8,25H,2-5,9,20H2,1H3. The van der Waals surface area contributed by atoms with E-state index in [1.165, 1.54) is 30.6 Å². The fourth-order valence-electron chi connectivity index (χ4n) is 3.21. The van der Waals surface area contributed by atoms with Crippen LogP contribution in [0, 0.1) is 5.82 Å². The zero-order chi connectivity index (χ0) is 19.2. The van der Waals surface area contributed by atoms with Crippen LogP contribution >= 0.6 is 22.9 Å². The highest BCUT2D eigenvalue weighted by atomic mass is 35.5. The molecule has 2 aromatic heterocycles. The van der Waals surface area contributed by atoms with Crippen molar-refractivity contribution in [3.8, 4) is 17.0 Å². The van der Waals surface area contributed by atoms with Crippen molar-refractivity contribution in [2.45, 2.75) is 18.4 Å². The number of nitrogens with two attached hydrogens (primary N) is 1. The van der Waals surface area contributed by atoms with Gasteiger partial charge in [-0.15, -0.1) is 5.10 Å². The Labute approximate surface area is 164 Å². The number of hydrogen-bond acceptors (Lipinski definition) is 7. The van der Waals surface area contributed by atoms with E-state index in [9.17, 15) is 9.50 Å². The van der Waals surface area contributed by atoms with E-state index in [1.807, 2.05) is 0 Å². The molecule has 1 saturated heterocycles. The topological polar surface area (TPSA) is 88.9 Å². The molecule has 0 amide bonds. The van der Waals surface area contributed by atoms with Gasteiger partial charge in [0.25, 0.3) is 0 Å². The van der Waals surface area contributed by atoms with Gasteiger partial charge in [0.1, 0.15) is 11.6 Å². The van der Waals surface area contributed by atoms with Gasteiger partial charge >= 0.3 is 0 Å². The van der Waals surface area contributed by atoms with Crippen LogP contribution in [0.4, 0.5) is 9.52 Å². The summed E-state index contributed by atoms with van der Waals surface area (Å²) in [6.45, 7) is 1.61. The fraction of sp³-hybridized carbons (Fsp3) is 0.412. The van der Waals surface area contributed by atoms with Crippen LogP contribution in [0.1, 0.15) is 12.8 Å². The summed E-state index contributed by atoms with van der Waals surface area (Å²) in [5.41, 5.74) is 6.14. The van der Waals surface area contributed by atoms with Gasteiger partial charge in [0.2, 0.25) is 10.1 Å². The monoisotopic (exact) mass is 411 g/mol. The summed E-state index contributed by atoms with van der Waals surface area (Å²) in [4.78, 5) is 7.24. The highest BCUT2D eigenvalue weighted by Gasteiger charge is 2.32. The van der Waals surface area contributed by atoms with E-state index >= 15 is 0 Å². The molecule has 0 spiro atoms. The second-order valence-corrected chi connectivity index (χ2v) is 7.95. The van der Waals surface area contributed by atoms with Crippen molar-refractivity contribution in [3.05, 3.63) is 29.2 Å². The third-order valence-corrected chi connectivity index (χ3v) is 6.21. The Morgan fingerprint density at radius 2 is 2.15 bits per heavy atom. The van der Waals surface area contributed by atoms with E-state index in [4.69, 9.17) is 22.1 Å². The van der Waals surface area contributed by atoms with Crippen LogP contribution in [0.5, 0.6) is 5.75 Å². The Balaban J connectivity index is 1.69. The van der Waals surface area contributed by atoms with Crippen molar-refractivity contribution < 1.29 is 14.2 Å². The normalized spacial score (nSPS) is 16.9. The number of halogens is 2. The van der Waals surface area contributed by atoms with E-state index in [2.05, 4.69) is 15.0 Å². The number of anilines is 1.